The molecule has 0 spiro atoms. The topological polar surface area (TPSA) is 113 Å². The Balaban J connectivity index is 0. The summed E-state index contributed by atoms with van der Waals surface area (Å²) in [4.78, 5) is 29.2. The van der Waals surface area contributed by atoms with Gasteiger partial charge in [0.15, 0.2) is 0 Å². The number of hydrogen-bond donors (Lipinski definition) is 0. The Morgan fingerprint density at radius 1 is 1.55 bits per heavy atom. The summed E-state index contributed by atoms with van der Waals surface area (Å²) in [7, 11) is -5.20. The number of carbonyl (C=O) groups is 1. The molecule has 0 N–H and O–H groups in total. The summed E-state index contributed by atoms with van der Waals surface area (Å²) in [6.07, 6.45) is -1.72. The third-order valence-electron chi connectivity index (χ3n) is 0.619. The maximum atomic E-state index is 9.74. The number of phosphoric ester groups is 1. The van der Waals surface area contributed by atoms with Gasteiger partial charge in [-0.1, -0.05) is 0 Å². The van der Waals surface area contributed by atoms with E-state index in [9.17, 15) is 24.3 Å². The van der Waals surface area contributed by atoms with E-state index in [4.69, 9.17) is 0 Å². The van der Waals surface area contributed by atoms with Crippen LogP contribution in [0.1, 0.15) is 6.92 Å². The molecule has 0 saturated heterocycles. The minimum atomic E-state index is -5.20. The third kappa shape index (κ3) is 8.01. The Morgan fingerprint density at radius 2 is 1.91 bits per heavy atom. The molecule has 11 heavy (non-hydrogen) atoms. The van der Waals surface area contributed by atoms with Crippen molar-refractivity contribution in [1.82, 2.24) is 0 Å². The van der Waals surface area contributed by atoms with Crippen LogP contribution in [-0.4, -0.2) is 29.4 Å². The molecular formula is C3H4AlO6P. The molecule has 0 rings (SSSR count). The third-order valence-corrected chi connectivity index (χ3v) is 1.19. The maximum absolute atomic E-state index is 9.74. The first-order valence-electron chi connectivity index (χ1n) is 2.24. The van der Waals surface area contributed by atoms with Crippen LogP contribution in [0.5, 0.6) is 0 Å². The van der Waals surface area contributed by atoms with Gasteiger partial charge >= 0.3 is 17.4 Å². The summed E-state index contributed by atoms with van der Waals surface area (Å²) in [5.74, 6) is -1.74. The zero-order chi connectivity index (χ0) is 8.36. The van der Waals surface area contributed by atoms with Gasteiger partial charge in [0.1, 0.15) is 0 Å². The molecule has 8 heteroatoms. The standard InChI is InChI=1S/C3H7O6P.Al/c1-2(3(4)5)9-10(6,7)8;/h2H,1H3,(H,4,5)(H2,6,7,8);/q;+3/p-3. The van der Waals surface area contributed by atoms with Gasteiger partial charge in [0.05, 0.1) is 19.9 Å². The zero-order valence-electron chi connectivity index (χ0n) is 5.55. The molecule has 1 unspecified atom stereocenters. The second kappa shape index (κ2) is 4.88. The smallest absolute Gasteiger partial charge is 0.790 e. The Bertz CT molecular complexity index is 175. The van der Waals surface area contributed by atoms with Crippen LogP contribution in [0.3, 0.4) is 0 Å². The van der Waals surface area contributed by atoms with Gasteiger partial charge in [-0.2, -0.15) is 0 Å². The van der Waals surface area contributed by atoms with E-state index in [1.165, 1.54) is 0 Å². The Kier molecular flexibility index (Phi) is 6.08. The van der Waals surface area contributed by atoms with E-state index in [1.54, 1.807) is 0 Å². The Labute approximate surface area is 73.6 Å². The van der Waals surface area contributed by atoms with E-state index in [0.717, 1.165) is 6.92 Å². The van der Waals surface area contributed by atoms with Crippen molar-refractivity contribution >= 4 is 31.2 Å². The van der Waals surface area contributed by atoms with Crippen molar-refractivity contribution in [3.63, 3.8) is 0 Å². The number of rotatable bonds is 3. The van der Waals surface area contributed by atoms with Crippen LogP contribution in [0.2, 0.25) is 0 Å². The predicted octanol–water partition coefficient (Wildman–Crippen LogP) is -3.41. The fraction of sp³-hybridized carbons (Fsp3) is 0.667. The Morgan fingerprint density at radius 3 is 2.00 bits per heavy atom. The second-order valence-electron chi connectivity index (χ2n) is 1.51. The number of aliphatic carboxylic acids is 1. The minimum absolute atomic E-state index is 0. The minimum Gasteiger partial charge on any atom is -0.790 e. The fourth-order valence-corrected chi connectivity index (χ4v) is 0.710. The molecule has 6 nitrogen and oxygen atoms in total. The van der Waals surface area contributed by atoms with Gasteiger partial charge in [0.2, 0.25) is 0 Å². The predicted molar refractivity (Wildman–Crippen MR) is 28.9 cm³/mol. The van der Waals surface area contributed by atoms with Crippen LogP contribution < -0.4 is 14.9 Å². The average molecular weight is 194 g/mol. The van der Waals surface area contributed by atoms with Gasteiger partial charge in [-0.05, 0) is 6.92 Å². The largest absolute Gasteiger partial charge is 3.00 e. The van der Waals surface area contributed by atoms with Crippen LogP contribution in [0.25, 0.3) is 0 Å². The van der Waals surface area contributed by atoms with Crippen molar-refractivity contribution in [3.8, 4) is 0 Å². The molecule has 0 bridgehead atoms. The molecule has 0 saturated carbocycles. The van der Waals surface area contributed by atoms with E-state index >= 15 is 0 Å². The number of carbonyl (C=O) groups excluding carboxylic acids is 1. The van der Waals surface area contributed by atoms with Gasteiger partial charge in [-0.3, -0.25) is 0 Å². The number of carboxylic acid groups (broad SMARTS) is 1. The van der Waals surface area contributed by atoms with Crippen LogP contribution in [0, 0.1) is 0 Å². The molecule has 0 heterocycles. The maximum Gasteiger partial charge on any atom is 3.00 e. The summed E-state index contributed by atoms with van der Waals surface area (Å²) in [5.41, 5.74) is 0. The van der Waals surface area contributed by atoms with E-state index in [0.29, 0.717) is 0 Å². The van der Waals surface area contributed by atoms with Gasteiger partial charge in [-0.15, -0.1) is 0 Å². The fourth-order valence-electron chi connectivity index (χ4n) is 0.237. The van der Waals surface area contributed by atoms with Gasteiger partial charge < -0.3 is 28.8 Å². The van der Waals surface area contributed by atoms with Crippen molar-refractivity contribution in [2.45, 2.75) is 13.0 Å². The summed E-state index contributed by atoms with van der Waals surface area (Å²) >= 11 is 0. The molecule has 0 aliphatic rings. The van der Waals surface area contributed by atoms with Crippen LogP contribution in [0.4, 0.5) is 0 Å². The molecule has 0 aliphatic carbocycles. The number of phosphoric acid groups is 1. The van der Waals surface area contributed by atoms with Crippen molar-refractivity contribution in [2.24, 2.45) is 0 Å². The summed E-state index contributed by atoms with van der Waals surface area (Å²) in [5, 5.41) is 9.74. The molecular weight excluding hydrogens is 190 g/mol. The first-order valence-corrected chi connectivity index (χ1v) is 3.70. The van der Waals surface area contributed by atoms with E-state index < -0.39 is 19.9 Å². The monoisotopic (exact) mass is 194 g/mol. The molecule has 0 aromatic rings. The first-order chi connectivity index (χ1) is 4.33. The number of carboxylic acids is 1. The normalized spacial score (nSPS) is 13.4. The van der Waals surface area contributed by atoms with Gasteiger partial charge in [0, 0.05) is 0 Å². The van der Waals surface area contributed by atoms with Crippen LogP contribution in [0.15, 0.2) is 0 Å². The average Bonchev–Trinajstić information content (AvgIpc) is 1.60. The molecule has 1 atom stereocenters. The first kappa shape index (κ1) is 13.7. The summed E-state index contributed by atoms with van der Waals surface area (Å²) in [6, 6.07) is 0. The quantitative estimate of drug-likeness (QED) is 0.341. The van der Waals surface area contributed by atoms with E-state index in [2.05, 4.69) is 4.52 Å². The molecule has 0 radical (unpaired) electrons. The second-order valence-corrected chi connectivity index (χ2v) is 2.62. The SMILES string of the molecule is CC(OP(=O)([O-])[O-])C(=O)[O-].[Al+3]. The van der Waals surface area contributed by atoms with Crippen molar-refractivity contribution in [1.29, 1.82) is 0 Å². The van der Waals surface area contributed by atoms with E-state index in [1.807, 2.05) is 0 Å². The summed E-state index contributed by atoms with van der Waals surface area (Å²) < 4.78 is 13.2. The Hall–Kier alpha value is 0.112. The van der Waals surface area contributed by atoms with E-state index in [-0.39, 0.29) is 17.4 Å². The number of hydrogen-bond acceptors (Lipinski definition) is 6. The van der Waals surface area contributed by atoms with Crippen molar-refractivity contribution in [2.75, 3.05) is 0 Å². The van der Waals surface area contributed by atoms with Crippen molar-refractivity contribution in [3.05, 3.63) is 0 Å². The van der Waals surface area contributed by atoms with Crippen LogP contribution >= 0.6 is 7.82 Å². The van der Waals surface area contributed by atoms with Crippen molar-refractivity contribution < 1.29 is 28.8 Å². The van der Waals surface area contributed by atoms with Gasteiger partial charge in [0.25, 0.3) is 0 Å². The molecule has 0 aliphatic heterocycles. The van der Waals surface area contributed by atoms with Gasteiger partial charge in [-0.25, -0.2) is 0 Å². The molecule has 0 fully saturated rings. The van der Waals surface area contributed by atoms with Crippen LogP contribution in [-0.2, 0) is 13.9 Å². The molecule has 0 aromatic carbocycles. The summed E-state index contributed by atoms with van der Waals surface area (Å²) in [6.45, 7) is 0.887. The molecule has 0 aromatic heterocycles. The molecule has 60 valence electrons. The molecule has 0 amide bonds. The zero-order valence-corrected chi connectivity index (χ0v) is 7.60.